The molecule has 8 nitrogen and oxygen atoms in total. The number of amides is 2. The number of nitrogens with zero attached hydrogens (tertiary/aromatic N) is 1. The van der Waals surface area contributed by atoms with Gasteiger partial charge in [0.15, 0.2) is 6.61 Å². The van der Waals surface area contributed by atoms with Crippen LogP contribution in [-0.4, -0.2) is 54.9 Å². The molecule has 0 aliphatic heterocycles. The number of carbonyl (C=O) groups is 3. The number of nitrogens with one attached hydrogen (secondary N) is 1. The lowest BCUT2D eigenvalue weighted by molar-refractivity contribution is -0.187. The van der Waals surface area contributed by atoms with Crippen molar-refractivity contribution < 1.29 is 29.1 Å². The number of hydrogen-bond donors (Lipinski definition) is 2. The van der Waals surface area contributed by atoms with Crippen LogP contribution in [0.5, 0.6) is 0 Å². The Balaban J connectivity index is 1.25. The number of ether oxygens (including phenoxy) is 1. The van der Waals surface area contributed by atoms with Gasteiger partial charge >= 0.3 is 12.1 Å². The van der Waals surface area contributed by atoms with Crippen LogP contribution in [0.3, 0.4) is 0 Å². The van der Waals surface area contributed by atoms with Crippen molar-refractivity contribution in [2.75, 3.05) is 26.8 Å². The first-order valence-electron chi connectivity index (χ1n) is 10.2. The van der Waals surface area contributed by atoms with Crippen molar-refractivity contribution in [1.29, 1.82) is 0 Å². The first kappa shape index (κ1) is 20.9. The molecular weight excluding hydrogens is 400 g/mol. The second-order valence-corrected chi connectivity index (χ2v) is 7.81. The predicted octanol–water partition coefficient (Wildman–Crippen LogP) is 2.64. The van der Waals surface area contributed by atoms with E-state index in [4.69, 9.17) is 14.7 Å². The van der Waals surface area contributed by atoms with Crippen molar-refractivity contribution in [3.63, 3.8) is 0 Å². The summed E-state index contributed by atoms with van der Waals surface area (Å²) >= 11 is 0. The van der Waals surface area contributed by atoms with Gasteiger partial charge in [0.1, 0.15) is 6.61 Å². The molecule has 8 heteroatoms. The van der Waals surface area contributed by atoms with Gasteiger partial charge in [0.05, 0.1) is 0 Å². The van der Waals surface area contributed by atoms with Crippen molar-refractivity contribution in [2.24, 2.45) is 11.8 Å². The Kier molecular flexibility index (Phi) is 5.90. The summed E-state index contributed by atoms with van der Waals surface area (Å²) in [5.41, 5.74) is 4.63. The number of hydroxylamine groups is 2. The van der Waals surface area contributed by atoms with Crippen molar-refractivity contribution in [2.45, 2.75) is 12.3 Å². The molecule has 4 rings (SSSR count). The number of carbonyl (C=O) groups excluding carboxylic acids is 2. The van der Waals surface area contributed by atoms with Gasteiger partial charge in [-0.25, -0.2) is 14.7 Å². The van der Waals surface area contributed by atoms with Gasteiger partial charge in [-0.3, -0.25) is 9.63 Å². The Morgan fingerprint density at radius 3 is 2.29 bits per heavy atom. The molecule has 0 spiro atoms. The van der Waals surface area contributed by atoms with Crippen molar-refractivity contribution in [1.82, 2.24) is 10.4 Å². The zero-order valence-corrected chi connectivity index (χ0v) is 17.1. The van der Waals surface area contributed by atoms with E-state index in [0.29, 0.717) is 13.0 Å². The molecule has 0 bridgehead atoms. The highest BCUT2D eigenvalue weighted by Crippen LogP contribution is 2.44. The summed E-state index contributed by atoms with van der Waals surface area (Å²) in [6.07, 6.45) is 0.0962. The molecule has 2 amide bonds. The molecule has 1 fully saturated rings. The van der Waals surface area contributed by atoms with Crippen molar-refractivity contribution >= 4 is 18.0 Å². The average molecular weight is 424 g/mol. The summed E-state index contributed by atoms with van der Waals surface area (Å²) in [5, 5.41) is 12.3. The van der Waals surface area contributed by atoms with Crippen LogP contribution in [-0.2, 0) is 19.2 Å². The molecule has 2 aliphatic rings. The van der Waals surface area contributed by atoms with Crippen LogP contribution in [0.1, 0.15) is 23.5 Å². The van der Waals surface area contributed by atoms with Gasteiger partial charge in [-0.2, -0.15) is 0 Å². The van der Waals surface area contributed by atoms with Gasteiger partial charge in [-0.15, -0.1) is 0 Å². The largest absolute Gasteiger partial charge is 0.479 e. The van der Waals surface area contributed by atoms with E-state index in [1.54, 1.807) is 0 Å². The van der Waals surface area contributed by atoms with Crippen LogP contribution in [0.25, 0.3) is 11.1 Å². The lowest BCUT2D eigenvalue weighted by atomic mass is 9.98. The molecule has 2 atom stereocenters. The van der Waals surface area contributed by atoms with E-state index >= 15 is 0 Å². The van der Waals surface area contributed by atoms with Gasteiger partial charge in [0, 0.05) is 25.4 Å². The normalized spacial score (nSPS) is 18.6. The standard InChI is InChI=1S/C23H24N2O6/c1-25(31-13-21(26)27)22(28)19-10-14(19)11-24-23(29)30-12-20-17-8-4-2-6-15(17)16-7-3-5-9-18(16)20/h2-9,14,19-20H,10-13H2,1H3,(H,24,29)(H,26,27)/t14-,19-/m1/s1. The Morgan fingerprint density at radius 1 is 1.06 bits per heavy atom. The Bertz CT molecular complexity index is 962. The third kappa shape index (κ3) is 4.54. The van der Waals surface area contributed by atoms with Crippen molar-refractivity contribution in [3.05, 3.63) is 59.7 Å². The highest BCUT2D eigenvalue weighted by Gasteiger charge is 2.44. The maximum atomic E-state index is 12.2. The van der Waals surface area contributed by atoms with Crippen LogP contribution in [0.15, 0.2) is 48.5 Å². The number of carboxylic acid groups (broad SMARTS) is 1. The van der Waals surface area contributed by atoms with Gasteiger partial charge in [-0.05, 0) is 34.6 Å². The van der Waals surface area contributed by atoms with Crippen LogP contribution in [0, 0.1) is 11.8 Å². The van der Waals surface area contributed by atoms with E-state index in [1.807, 2.05) is 24.3 Å². The molecule has 0 radical (unpaired) electrons. The minimum atomic E-state index is -1.15. The van der Waals surface area contributed by atoms with E-state index < -0.39 is 18.7 Å². The molecular formula is C23H24N2O6. The molecule has 31 heavy (non-hydrogen) atoms. The Labute approximate surface area is 179 Å². The van der Waals surface area contributed by atoms with E-state index in [1.165, 1.54) is 18.2 Å². The van der Waals surface area contributed by atoms with E-state index in [-0.39, 0.29) is 30.3 Å². The first-order valence-corrected chi connectivity index (χ1v) is 10.2. The Morgan fingerprint density at radius 2 is 1.68 bits per heavy atom. The second-order valence-electron chi connectivity index (χ2n) is 7.81. The average Bonchev–Trinajstić information content (AvgIpc) is 3.49. The number of rotatable bonds is 8. The van der Waals surface area contributed by atoms with E-state index in [2.05, 4.69) is 29.6 Å². The molecule has 0 unspecified atom stereocenters. The van der Waals surface area contributed by atoms with Gasteiger partial charge in [-0.1, -0.05) is 48.5 Å². The minimum Gasteiger partial charge on any atom is -0.479 e. The van der Waals surface area contributed by atoms with Crippen molar-refractivity contribution in [3.8, 4) is 11.1 Å². The lowest BCUT2D eigenvalue weighted by Gasteiger charge is -2.16. The number of aliphatic carboxylic acids is 1. The van der Waals surface area contributed by atoms with Gasteiger partial charge < -0.3 is 15.2 Å². The number of benzene rings is 2. The smallest absolute Gasteiger partial charge is 0.407 e. The summed E-state index contributed by atoms with van der Waals surface area (Å²) in [5.74, 6) is -1.74. The summed E-state index contributed by atoms with van der Waals surface area (Å²) in [4.78, 5) is 39.8. The zero-order valence-electron chi connectivity index (χ0n) is 17.1. The maximum absolute atomic E-state index is 12.2. The lowest BCUT2D eigenvalue weighted by Crippen LogP contribution is -2.32. The fraction of sp³-hybridized carbons (Fsp3) is 0.348. The highest BCUT2D eigenvalue weighted by molar-refractivity contribution is 5.81. The van der Waals surface area contributed by atoms with E-state index in [9.17, 15) is 14.4 Å². The quantitative estimate of drug-likeness (QED) is 0.631. The van der Waals surface area contributed by atoms with E-state index in [0.717, 1.165) is 16.2 Å². The predicted molar refractivity (Wildman–Crippen MR) is 111 cm³/mol. The fourth-order valence-corrected chi connectivity index (χ4v) is 4.09. The van der Waals surface area contributed by atoms with Crippen LogP contribution in [0.4, 0.5) is 4.79 Å². The first-order chi connectivity index (χ1) is 15.0. The summed E-state index contributed by atoms with van der Waals surface area (Å²) in [7, 11) is 1.39. The fourth-order valence-electron chi connectivity index (χ4n) is 4.09. The molecule has 1 saturated carbocycles. The maximum Gasteiger partial charge on any atom is 0.407 e. The van der Waals surface area contributed by atoms with Gasteiger partial charge in [0.2, 0.25) is 5.91 Å². The molecule has 0 heterocycles. The van der Waals surface area contributed by atoms with Crippen LogP contribution >= 0.6 is 0 Å². The molecule has 2 N–H and O–H groups in total. The summed E-state index contributed by atoms with van der Waals surface area (Å²) in [6.45, 7) is -0.0177. The zero-order chi connectivity index (χ0) is 22.0. The van der Waals surface area contributed by atoms with Gasteiger partial charge in [0.25, 0.3) is 0 Å². The van der Waals surface area contributed by atoms with Crippen LogP contribution in [0.2, 0.25) is 0 Å². The highest BCUT2D eigenvalue weighted by atomic mass is 16.7. The summed E-state index contributed by atoms with van der Waals surface area (Å²) in [6, 6.07) is 16.3. The number of carboxylic acids is 1. The second kappa shape index (κ2) is 8.77. The molecule has 0 saturated heterocycles. The third-order valence-electron chi connectivity index (χ3n) is 5.78. The monoisotopic (exact) mass is 424 g/mol. The third-order valence-corrected chi connectivity index (χ3v) is 5.78. The number of alkyl carbamates (subject to hydrolysis) is 1. The minimum absolute atomic E-state index is 0.00608. The molecule has 2 aromatic carbocycles. The van der Waals surface area contributed by atoms with Crippen LogP contribution < -0.4 is 5.32 Å². The summed E-state index contributed by atoms with van der Waals surface area (Å²) < 4.78 is 5.49. The number of hydrogen-bond acceptors (Lipinski definition) is 5. The molecule has 2 aromatic rings. The number of fused-ring (bicyclic) bond motifs is 3. The molecule has 162 valence electrons. The molecule has 2 aliphatic carbocycles. The topological polar surface area (TPSA) is 105 Å². The SMILES string of the molecule is CN(OCC(=O)O)C(=O)[C@@H]1C[C@@H]1CNC(=O)OCC1c2ccccc2-c2ccccc21. The molecule has 0 aromatic heterocycles. The Hall–Kier alpha value is -3.39.